The summed E-state index contributed by atoms with van der Waals surface area (Å²) in [6.07, 6.45) is 8.37. The van der Waals surface area contributed by atoms with E-state index in [0.29, 0.717) is 0 Å². The number of hydrogen-bond acceptors (Lipinski definition) is 0. The maximum atomic E-state index is 3.78. The molecule has 0 aliphatic rings. The molecule has 0 heteroatoms. The number of hydrogen-bond donors (Lipinski definition) is 0. The van der Waals surface area contributed by atoms with Crippen LogP contribution >= 0.6 is 0 Å². The van der Waals surface area contributed by atoms with E-state index in [2.05, 4.69) is 44.0 Å². The van der Waals surface area contributed by atoms with Crippen LogP contribution in [-0.4, -0.2) is 0 Å². The van der Waals surface area contributed by atoms with E-state index in [1.807, 2.05) is 18.2 Å². The van der Waals surface area contributed by atoms with Crippen LogP contribution in [0.1, 0.15) is 11.1 Å². The third-order valence-electron chi connectivity index (χ3n) is 2.22. The number of allylic oxidation sites excluding steroid dienone is 4. The summed E-state index contributed by atoms with van der Waals surface area (Å²) in [7, 11) is 0. The van der Waals surface area contributed by atoms with Gasteiger partial charge in [-0.2, -0.15) is 0 Å². The lowest BCUT2D eigenvalue weighted by Gasteiger charge is -2.02. The first-order chi connectivity index (χ1) is 7.30. The molecule has 0 nitrogen and oxygen atoms in total. The van der Waals surface area contributed by atoms with Gasteiger partial charge in [-0.3, -0.25) is 0 Å². The van der Waals surface area contributed by atoms with Crippen molar-refractivity contribution in [3.05, 3.63) is 78.9 Å². The van der Waals surface area contributed by atoms with Crippen molar-refractivity contribution < 1.29 is 0 Å². The molecule has 0 heterocycles. The number of rotatable bonds is 5. The third kappa shape index (κ3) is 3.43. The van der Waals surface area contributed by atoms with E-state index in [1.165, 1.54) is 11.1 Å². The van der Waals surface area contributed by atoms with Crippen molar-refractivity contribution in [1.29, 1.82) is 0 Å². The van der Waals surface area contributed by atoms with Gasteiger partial charge < -0.3 is 0 Å². The van der Waals surface area contributed by atoms with Crippen LogP contribution in [0.5, 0.6) is 0 Å². The van der Waals surface area contributed by atoms with Crippen LogP contribution in [0.15, 0.2) is 67.8 Å². The predicted molar refractivity (Wildman–Crippen MR) is 68.7 cm³/mol. The summed E-state index contributed by atoms with van der Waals surface area (Å²) in [4.78, 5) is 0. The Morgan fingerprint density at radius 1 is 1.07 bits per heavy atom. The number of benzene rings is 1. The molecule has 76 valence electrons. The van der Waals surface area contributed by atoms with Gasteiger partial charge >= 0.3 is 0 Å². The average Bonchev–Trinajstić information content (AvgIpc) is 2.29. The summed E-state index contributed by atoms with van der Waals surface area (Å²) in [5, 5.41) is 0. The highest BCUT2D eigenvalue weighted by atomic mass is 14.0. The average molecular weight is 196 g/mol. The Balaban J connectivity index is 2.79. The minimum atomic E-state index is 0.896. The van der Waals surface area contributed by atoms with Crippen molar-refractivity contribution in [1.82, 2.24) is 0 Å². The third-order valence-corrected chi connectivity index (χ3v) is 2.22. The summed E-state index contributed by atoms with van der Waals surface area (Å²) in [6, 6.07) is 8.35. The maximum Gasteiger partial charge on any atom is -0.00260 e. The van der Waals surface area contributed by atoms with Crippen LogP contribution in [0.4, 0.5) is 0 Å². The molecule has 0 saturated carbocycles. The van der Waals surface area contributed by atoms with Crippen LogP contribution in [0.3, 0.4) is 0 Å². The normalized spacial score (nSPS) is 10.8. The van der Waals surface area contributed by atoms with Gasteiger partial charge in [0.2, 0.25) is 0 Å². The van der Waals surface area contributed by atoms with Crippen molar-refractivity contribution >= 4 is 6.08 Å². The molecule has 0 saturated heterocycles. The zero-order valence-corrected chi connectivity index (χ0v) is 8.95. The van der Waals surface area contributed by atoms with E-state index >= 15 is 0 Å². The Bertz CT molecular complexity index is 377. The summed E-state index contributed by atoms with van der Waals surface area (Å²) in [5.41, 5.74) is 3.59. The van der Waals surface area contributed by atoms with Crippen molar-refractivity contribution in [2.45, 2.75) is 6.42 Å². The SMILES string of the molecule is C=C/C=C(\C=C)Cc1ccc(C=C)cc1. The molecule has 0 spiro atoms. The van der Waals surface area contributed by atoms with Gasteiger partial charge in [-0.15, -0.1) is 0 Å². The fraction of sp³-hybridized carbons (Fsp3) is 0.0667. The molecule has 1 aromatic rings. The molecule has 0 amide bonds. The molecule has 0 aliphatic carbocycles. The molecule has 0 radical (unpaired) electrons. The second kappa shape index (κ2) is 5.82. The van der Waals surface area contributed by atoms with Crippen molar-refractivity contribution in [3.8, 4) is 0 Å². The maximum absolute atomic E-state index is 3.78. The quantitative estimate of drug-likeness (QED) is 0.620. The lowest BCUT2D eigenvalue weighted by Crippen LogP contribution is -1.87. The van der Waals surface area contributed by atoms with Gasteiger partial charge in [-0.25, -0.2) is 0 Å². The van der Waals surface area contributed by atoms with Gasteiger partial charge in [0.05, 0.1) is 0 Å². The van der Waals surface area contributed by atoms with Gasteiger partial charge in [-0.1, -0.05) is 68.3 Å². The zero-order valence-electron chi connectivity index (χ0n) is 8.95. The Labute approximate surface area is 92.0 Å². The highest BCUT2D eigenvalue weighted by Crippen LogP contribution is 2.11. The van der Waals surface area contributed by atoms with Crippen molar-refractivity contribution in [2.24, 2.45) is 0 Å². The van der Waals surface area contributed by atoms with Gasteiger partial charge in [-0.05, 0) is 23.1 Å². The van der Waals surface area contributed by atoms with Gasteiger partial charge in [0, 0.05) is 0 Å². The van der Waals surface area contributed by atoms with Crippen molar-refractivity contribution in [2.75, 3.05) is 0 Å². The lowest BCUT2D eigenvalue weighted by molar-refractivity contribution is 1.20. The highest BCUT2D eigenvalue weighted by Gasteiger charge is 1.95. The van der Waals surface area contributed by atoms with Crippen LogP contribution in [0.25, 0.3) is 6.08 Å². The molecule has 0 unspecified atom stereocenters. The van der Waals surface area contributed by atoms with E-state index in [0.717, 1.165) is 12.0 Å². The van der Waals surface area contributed by atoms with Crippen LogP contribution in [0, 0.1) is 0 Å². The first kappa shape index (κ1) is 11.3. The summed E-state index contributed by atoms with van der Waals surface area (Å²) >= 11 is 0. The molecule has 0 aromatic heterocycles. The van der Waals surface area contributed by atoms with Crippen LogP contribution in [0.2, 0.25) is 0 Å². The van der Waals surface area contributed by atoms with E-state index in [1.54, 1.807) is 6.08 Å². The van der Waals surface area contributed by atoms with Crippen LogP contribution < -0.4 is 0 Å². The molecule has 1 rings (SSSR count). The molecule has 0 N–H and O–H groups in total. The second-order valence-electron chi connectivity index (χ2n) is 3.30. The zero-order chi connectivity index (χ0) is 11.1. The topological polar surface area (TPSA) is 0 Å². The minimum absolute atomic E-state index is 0.896. The molecule has 0 bridgehead atoms. The van der Waals surface area contributed by atoms with Gasteiger partial charge in [0.25, 0.3) is 0 Å². The predicted octanol–water partition coefficient (Wildman–Crippen LogP) is 4.17. The summed E-state index contributed by atoms with van der Waals surface area (Å²) < 4.78 is 0. The molecule has 0 fully saturated rings. The van der Waals surface area contributed by atoms with Crippen molar-refractivity contribution in [3.63, 3.8) is 0 Å². The lowest BCUT2D eigenvalue weighted by atomic mass is 10.0. The smallest absolute Gasteiger partial charge is 0.00260 e. The van der Waals surface area contributed by atoms with Gasteiger partial charge in [0.1, 0.15) is 0 Å². The molecular formula is C15H16. The molecular weight excluding hydrogens is 180 g/mol. The Morgan fingerprint density at radius 2 is 1.73 bits per heavy atom. The largest absolute Gasteiger partial charge is 0.0991 e. The van der Waals surface area contributed by atoms with E-state index in [-0.39, 0.29) is 0 Å². The monoisotopic (exact) mass is 196 g/mol. The van der Waals surface area contributed by atoms with Gasteiger partial charge in [0.15, 0.2) is 0 Å². The Morgan fingerprint density at radius 3 is 2.20 bits per heavy atom. The van der Waals surface area contributed by atoms with E-state index < -0.39 is 0 Å². The fourth-order valence-corrected chi connectivity index (χ4v) is 1.36. The molecule has 0 aliphatic heterocycles. The molecule has 0 atom stereocenters. The minimum Gasteiger partial charge on any atom is -0.0991 e. The Hall–Kier alpha value is -1.82. The van der Waals surface area contributed by atoms with E-state index in [4.69, 9.17) is 0 Å². The summed E-state index contributed by atoms with van der Waals surface area (Å²) in [5.74, 6) is 0. The van der Waals surface area contributed by atoms with E-state index in [9.17, 15) is 0 Å². The second-order valence-corrected chi connectivity index (χ2v) is 3.30. The Kier molecular flexibility index (Phi) is 4.36. The summed E-state index contributed by atoms with van der Waals surface area (Å²) in [6.45, 7) is 11.2. The fourth-order valence-electron chi connectivity index (χ4n) is 1.36. The van der Waals surface area contributed by atoms with Crippen LogP contribution in [-0.2, 0) is 6.42 Å². The highest BCUT2D eigenvalue weighted by molar-refractivity contribution is 5.47. The first-order valence-electron chi connectivity index (χ1n) is 4.95. The molecule has 1 aromatic carbocycles. The first-order valence-corrected chi connectivity index (χ1v) is 4.95. The standard InChI is InChI=1S/C15H16/c1-4-7-14(6-3)12-15-10-8-13(5-2)9-11-15/h4-11H,1-3,12H2/b14-7+. The molecule has 15 heavy (non-hydrogen) atoms.